The van der Waals surface area contributed by atoms with E-state index in [0.717, 1.165) is 27.8 Å². The van der Waals surface area contributed by atoms with E-state index in [2.05, 4.69) is 0 Å². The zero-order chi connectivity index (χ0) is 13.4. The van der Waals surface area contributed by atoms with Gasteiger partial charge in [0.2, 0.25) is 0 Å². The largest absolute Gasteiger partial charge is 0.496 e. The second-order valence-electron chi connectivity index (χ2n) is 4.46. The first-order chi connectivity index (χ1) is 9.26. The highest BCUT2D eigenvalue weighted by Gasteiger charge is 2.20. The number of methoxy groups -OCH3 is 2. The van der Waals surface area contributed by atoms with E-state index in [1.165, 1.54) is 0 Å². The molecule has 0 heterocycles. The highest BCUT2D eigenvalue weighted by atomic mass is 16.5. The molecule has 3 heteroatoms. The van der Waals surface area contributed by atoms with E-state index < -0.39 is 0 Å². The van der Waals surface area contributed by atoms with Crippen LogP contribution in [0.5, 0.6) is 11.5 Å². The molecule has 0 atom stereocenters. The minimum atomic E-state index is 0.114. The number of ketones is 1. The molecule has 0 radical (unpaired) electrons. The predicted octanol–water partition coefficient (Wildman–Crippen LogP) is 3.46. The van der Waals surface area contributed by atoms with Gasteiger partial charge < -0.3 is 9.47 Å². The van der Waals surface area contributed by atoms with Gasteiger partial charge in [0, 0.05) is 28.3 Å². The molecule has 0 unspecified atom stereocenters. The smallest absolute Gasteiger partial charge is 0.167 e. The Balaban J connectivity index is 2.45. The molecule has 0 saturated carbocycles. The molecule has 0 amide bonds. The third-order valence-corrected chi connectivity index (χ3v) is 3.45. The summed E-state index contributed by atoms with van der Waals surface area (Å²) in [6.45, 7) is 0. The Hall–Kier alpha value is -2.29. The van der Waals surface area contributed by atoms with Gasteiger partial charge in [-0.2, -0.15) is 0 Å². The third-order valence-electron chi connectivity index (χ3n) is 3.45. The van der Waals surface area contributed by atoms with Crippen LogP contribution in [-0.4, -0.2) is 20.0 Å². The van der Waals surface area contributed by atoms with Crippen molar-refractivity contribution in [2.75, 3.05) is 14.2 Å². The Bertz CT molecular complexity index is 699. The Morgan fingerprint density at radius 2 is 1.95 bits per heavy atom. The van der Waals surface area contributed by atoms with E-state index in [9.17, 15) is 4.79 Å². The van der Waals surface area contributed by atoms with Crippen LogP contribution in [0.2, 0.25) is 0 Å². The first-order valence-electron chi connectivity index (χ1n) is 6.13. The summed E-state index contributed by atoms with van der Waals surface area (Å²) in [7, 11) is 3.25. The second-order valence-corrected chi connectivity index (χ2v) is 4.46. The lowest BCUT2D eigenvalue weighted by molar-refractivity contribution is 0.0994. The monoisotopic (exact) mass is 254 g/mol. The number of Topliss-reactive ketones (excluding diaryl/α,β-unsaturated/α-hetero) is 1. The molecule has 0 saturated heterocycles. The van der Waals surface area contributed by atoms with E-state index in [1.54, 1.807) is 14.2 Å². The van der Waals surface area contributed by atoms with Crippen LogP contribution in [0.15, 0.2) is 30.3 Å². The van der Waals surface area contributed by atoms with Gasteiger partial charge in [-0.3, -0.25) is 4.79 Å². The lowest BCUT2D eigenvalue weighted by atomic mass is 9.91. The van der Waals surface area contributed by atoms with Gasteiger partial charge in [0.15, 0.2) is 5.78 Å². The molecule has 1 aliphatic rings. The summed E-state index contributed by atoms with van der Waals surface area (Å²) in [5, 5.41) is 1.87. The van der Waals surface area contributed by atoms with E-state index in [4.69, 9.17) is 9.47 Å². The molecule has 96 valence electrons. The zero-order valence-electron chi connectivity index (χ0n) is 10.9. The summed E-state index contributed by atoms with van der Waals surface area (Å²) in [6, 6.07) is 7.68. The number of carbonyl (C=O) groups is 1. The average molecular weight is 254 g/mol. The summed E-state index contributed by atoms with van der Waals surface area (Å²) >= 11 is 0. The summed E-state index contributed by atoms with van der Waals surface area (Å²) < 4.78 is 10.9. The highest BCUT2D eigenvalue weighted by Crippen LogP contribution is 2.39. The molecular formula is C16H14O3. The molecule has 0 aromatic heterocycles. The molecular weight excluding hydrogens is 240 g/mol. The Morgan fingerprint density at radius 3 is 2.68 bits per heavy atom. The number of carbonyl (C=O) groups excluding carboxylic acids is 1. The van der Waals surface area contributed by atoms with Gasteiger partial charge in [-0.15, -0.1) is 0 Å². The first kappa shape index (κ1) is 11.8. The highest BCUT2D eigenvalue weighted by molar-refractivity contribution is 6.09. The topological polar surface area (TPSA) is 35.5 Å². The number of hydrogen-bond donors (Lipinski definition) is 0. The minimum absolute atomic E-state index is 0.114. The average Bonchev–Trinajstić information content (AvgIpc) is 2.45. The normalized spacial score (nSPS) is 13.5. The van der Waals surface area contributed by atoms with Crippen LogP contribution in [0.1, 0.15) is 22.3 Å². The summed E-state index contributed by atoms with van der Waals surface area (Å²) in [6.07, 6.45) is 4.27. The van der Waals surface area contributed by atoms with E-state index >= 15 is 0 Å². The Morgan fingerprint density at radius 1 is 1.11 bits per heavy atom. The van der Waals surface area contributed by atoms with Crippen LogP contribution in [0.3, 0.4) is 0 Å². The van der Waals surface area contributed by atoms with Gasteiger partial charge in [-0.05, 0) is 12.1 Å². The molecule has 2 aromatic rings. The van der Waals surface area contributed by atoms with Crippen LogP contribution >= 0.6 is 0 Å². The van der Waals surface area contributed by atoms with Crippen molar-refractivity contribution in [3.8, 4) is 11.5 Å². The van der Waals surface area contributed by atoms with Crippen molar-refractivity contribution in [1.82, 2.24) is 0 Å². The standard InChI is InChI=1S/C16H14O3/c1-18-15-8-4-6-11-13(15)9-12-10(16(11)19-2)5-3-7-14(12)17/h3-6,8-9H,7H2,1-2H3. The van der Waals surface area contributed by atoms with Gasteiger partial charge in [-0.1, -0.05) is 24.3 Å². The predicted molar refractivity (Wildman–Crippen MR) is 75.0 cm³/mol. The lowest BCUT2D eigenvalue weighted by Crippen LogP contribution is -2.06. The molecule has 3 rings (SSSR count). The van der Waals surface area contributed by atoms with Crippen LogP contribution in [0.4, 0.5) is 0 Å². The number of ether oxygens (including phenoxy) is 2. The summed E-state index contributed by atoms with van der Waals surface area (Å²) in [4.78, 5) is 12.0. The van der Waals surface area contributed by atoms with E-state index in [-0.39, 0.29) is 5.78 Å². The fourth-order valence-corrected chi connectivity index (χ4v) is 2.57. The molecule has 0 fully saturated rings. The van der Waals surface area contributed by atoms with Crippen molar-refractivity contribution in [2.45, 2.75) is 6.42 Å². The van der Waals surface area contributed by atoms with Crippen LogP contribution in [0.25, 0.3) is 16.8 Å². The minimum Gasteiger partial charge on any atom is -0.496 e. The van der Waals surface area contributed by atoms with Crippen molar-refractivity contribution in [1.29, 1.82) is 0 Å². The van der Waals surface area contributed by atoms with Crippen molar-refractivity contribution >= 4 is 22.6 Å². The number of benzene rings is 2. The van der Waals surface area contributed by atoms with Gasteiger partial charge >= 0.3 is 0 Å². The van der Waals surface area contributed by atoms with Crippen LogP contribution in [-0.2, 0) is 0 Å². The Kier molecular flexibility index (Phi) is 2.75. The van der Waals surface area contributed by atoms with Crippen LogP contribution < -0.4 is 9.47 Å². The molecule has 1 aliphatic carbocycles. The number of rotatable bonds is 2. The zero-order valence-corrected chi connectivity index (χ0v) is 10.9. The van der Waals surface area contributed by atoms with E-state index in [0.29, 0.717) is 12.0 Å². The second kappa shape index (κ2) is 4.43. The summed E-state index contributed by atoms with van der Waals surface area (Å²) in [5.41, 5.74) is 1.57. The van der Waals surface area contributed by atoms with Crippen molar-refractivity contribution in [3.63, 3.8) is 0 Å². The SMILES string of the molecule is COc1cccc2c(OC)c3c(cc12)C(=O)CC=C3. The fourth-order valence-electron chi connectivity index (χ4n) is 2.57. The molecule has 0 N–H and O–H groups in total. The summed E-state index contributed by atoms with van der Waals surface area (Å²) in [5.74, 6) is 1.60. The number of hydrogen-bond acceptors (Lipinski definition) is 3. The molecule has 0 bridgehead atoms. The van der Waals surface area contributed by atoms with Gasteiger partial charge in [0.1, 0.15) is 11.5 Å². The molecule has 0 aliphatic heterocycles. The van der Waals surface area contributed by atoms with Gasteiger partial charge in [0.05, 0.1) is 14.2 Å². The van der Waals surface area contributed by atoms with Crippen LogP contribution in [0, 0.1) is 0 Å². The molecule has 19 heavy (non-hydrogen) atoms. The number of allylic oxidation sites excluding steroid dienone is 1. The first-order valence-corrected chi connectivity index (χ1v) is 6.13. The Labute approximate surface area is 111 Å². The molecule has 3 nitrogen and oxygen atoms in total. The fraction of sp³-hybridized carbons (Fsp3) is 0.188. The van der Waals surface area contributed by atoms with Crippen molar-refractivity contribution < 1.29 is 14.3 Å². The van der Waals surface area contributed by atoms with Gasteiger partial charge in [0.25, 0.3) is 0 Å². The lowest BCUT2D eigenvalue weighted by Gasteiger charge is -2.17. The molecule has 2 aromatic carbocycles. The van der Waals surface area contributed by atoms with E-state index in [1.807, 2.05) is 36.4 Å². The third kappa shape index (κ3) is 1.70. The maximum atomic E-state index is 12.0. The molecule has 0 spiro atoms. The number of fused-ring (bicyclic) bond motifs is 2. The maximum absolute atomic E-state index is 12.0. The van der Waals surface area contributed by atoms with Gasteiger partial charge in [-0.25, -0.2) is 0 Å². The maximum Gasteiger partial charge on any atom is 0.167 e. The van der Waals surface area contributed by atoms with Crippen molar-refractivity contribution in [2.24, 2.45) is 0 Å². The quantitative estimate of drug-likeness (QED) is 0.823. The van der Waals surface area contributed by atoms with Crippen molar-refractivity contribution in [3.05, 3.63) is 41.5 Å².